The number of amides is 1. The standard InChI is InChI=1S/C18H14BrClN2O2/c19-15-5-6-17(23)13(10-15)9-14(11-21)18(24)22-8-7-12-3-1-2-4-16(12)20/h1-6,9-10,23H,7-8H2,(H,22,24)/b14-9+. The van der Waals surface area contributed by atoms with E-state index in [2.05, 4.69) is 21.2 Å². The average Bonchev–Trinajstić information content (AvgIpc) is 2.57. The van der Waals surface area contributed by atoms with E-state index < -0.39 is 5.91 Å². The number of phenolic OH excluding ortho intramolecular Hbond substituents is 1. The van der Waals surface area contributed by atoms with Crippen molar-refractivity contribution in [1.29, 1.82) is 5.26 Å². The number of nitrogens with one attached hydrogen (secondary N) is 1. The second-order valence-corrected chi connectivity index (χ2v) is 6.29. The molecule has 4 nitrogen and oxygen atoms in total. The average molecular weight is 406 g/mol. The minimum Gasteiger partial charge on any atom is -0.507 e. The van der Waals surface area contributed by atoms with Gasteiger partial charge >= 0.3 is 0 Å². The number of carbonyl (C=O) groups excluding carboxylic acids is 1. The lowest BCUT2D eigenvalue weighted by Crippen LogP contribution is -2.26. The van der Waals surface area contributed by atoms with E-state index in [0.29, 0.717) is 23.6 Å². The molecule has 1 amide bonds. The van der Waals surface area contributed by atoms with Gasteiger partial charge in [-0.05, 0) is 42.3 Å². The van der Waals surface area contributed by atoms with Crippen LogP contribution >= 0.6 is 27.5 Å². The highest BCUT2D eigenvalue weighted by Gasteiger charge is 2.10. The molecule has 0 heterocycles. The molecule has 2 rings (SSSR count). The Morgan fingerprint density at radius 2 is 2.08 bits per heavy atom. The largest absolute Gasteiger partial charge is 0.507 e. The molecule has 0 aliphatic carbocycles. The summed E-state index contributed by atoms with van der Waals surface area (Å²) in [5.74, 6) is -0.501. The summed E-state index contributed by atoms with van der Waals surface area (Å²) in [6, 6.07) is 14.0. The van der Waals surface area contributed by atoms with Gasteiger partial charge in [-0.15, -0.1) is 0 Å². The first-order valence-electron chi connectivity index (χ1n) is 7.13. The monoisotopic (exact) mass is 404 g/mol. The number of hydrogen-bond donors (Lipinski definition) is 2. The van der Waals surface area contributed by atoms with Crippen LogP contribution in [0.15, 0.2) is 52.5 Å². The molecule has 122 valence electrons. The number of carbonyl (C=O) groups is 1. The second-order valence-electron chi connectivity index (χ2n) is 4.97. The van der Waals surface area contributed by atoms with E-state index in [1.54, 1.807) is 18.2 Å². The van der Waals surface area contributed by atoms with Gasteiger partial charge in [-0.2, -0.15) is 5.26 Å². The molecule has 0 aliphatic heterocycles. The summed E-state index contributed by atoms with van der Waals surface area (Å²) in [5, 5.41) is 22.3. The Morgan fingerprint density at radius 1 is 1.33 bits per heavy atom. The lowest BCUT2D eigenvalue weighted by Gasteiger charge is -2.06. The summed E-state index contributed by atoms with van der Waals surface area (Å²) in [6.07, 6.45) is 1.91. The van der Waals surface area contributed by atoms with Crippen molar-refractivity contribution in [2.45, 2.75) is 6.42 Å². The summed E-state index contributed by atoms with van der Waals surface area (Å²) in [5.41, 5.74) is 1.23. The fourth-order valence-electron chi connectivity index (χ4n) is 2.05. The van der Waals surface area contributed by atoms with Crippen LogP contribution in [0.1, 0.15) is 11.1 Å². The molecule has 0 aliphatic rings. The topological polar surface area (TPSA) is 73.1 Å². The Bertz CT molecular complexity index is 828. The van der Waals surface area contributed by atoms with Crippen molar-refractivity contribution in [3.05, 3.63) is 68.7 Å². The number of nitrogens with zero attached hydrogens (tertiary/aromatic N) is 1. The van der Waals surface area contributed by atoms with E-state index in [4.69, 9.17) is 11.6 Å². The zero-order chi connectivity index (χ0) is 17.5. The Hall–Kier alpha value is -2.29. The van der Waals surface area contributed by atoms with Crippen LogP contribution in [-0.4, -0.2) is 17.6 Å². The zero-order valence-electron chi connectivity index (χ0n) is 12.6. The molecular formula is C18H14BrClN2O2. The highest BCUT2D eigenvalue weighted by Crippen LogP contribution is 2.24. The van der Waals surface area contributed by atoms with E-state index >= 15 is 0 Å². The first-order chi connectivity index (χ1) is 11.5. The number of rotatable bonds is 5. The number of nitriles is 1. The molecule has 24 heavy (non-hydrogen) atoms. The van der Waals surface area contributed by atoms with E-state index in [1.165, 1.54) is 12.1 Å². The Morgan fingerprint density at radius 3 is 2.79 bits per heavy atom. The SMILES string of the molecule is N#C/C(=C\c1cc(Br)ccc1O)C(=O)NCCc1ccccc1Cl. The molecule has 0 fully saturated rings. The van der Waals surface area contributed by atoms with Crippen molar-refractivity contribution in [3.8, 4) is 11.8 Å². The molecule has 0 spiro atoms. The van der Waals surface area contributed by atoms with Crippen LogP contribution in [0, 0.1) is 11.3 Å². The van der Waals surface area contributed by atoms with Crippen LogP contribution in [0.3, 0.4) is 0 Å². The van der Waals surface area contributed by atoms with Gasteiger partial charge in [-0.25, -0.2) is 0 Å². The van der Waals surface area contributed by atoms with Gasteiger partial charge in [-0.3, -0.25) is 4.79 Å². The predicted molar refractivity (Wildman–Crippen MR) is 97.6 cm³/mol. The number of aromatic hydroxyl groups is 1. The minimum atomic E-state index is -0.496. The molecule has 2 N–H and O–H groups in total. The van der Waals surface area contributed by atoms with Gasteiger partial charge in [0.2, 0.25) is 0 Å². The van der Waals surface area contributed by atoms with Gasteiger partial charge in [0.1, 0.15) is 17.4 Å². The Kier molecular flexibility index (Phi) is 6.42. The quantitative estimate of drug-likeness (QED) is 0.581. The van der Waals surface area contributed by atoms with Crippen molar-refractivity contribution >= 4 is 39.5 Å². The van der Waals surface area contributed by atoms with Gasteiger partial charge in [0.25, 0.3) is 5.91 Å². The molecule has 0 saturated heterocycles. The van der Waals surface area contributed by atoms with Crippen molar-refractivity contribution in [1.82, 2.24) is 5.32 Å². The molecule has 0 unspecified atom stereocenters. The number of hydrogen-bond acceptors (Lipinski definition) is 3. The van der Waals surface area contributed by atoms with Crippen LogP contribution in [0.25, 0.3) is 6.08 Å². The molecular weight excluding hydrogens is 392 g/mol. The molecule has 0 atom stereocenters. The third-order valence-corrected chi connectivity index (χ3v) is 4.15. The molecule has 0 aromatic heterocycles. The molecule has 6 heteroatoms. The first kappa shape index (κ1) is 18.1. The summed E-state index contributed by atoms with van der Waals surface area (Å²) >= 11 is 9.34. The summed E-state index contributed by atoms with van der Waals surface area (Å²) in [6.45, 7) is 0.353. The predicted octanol–water partition coefficient (Wildman–Crippen LogP) is 4.07. The Labute approximate surface area is 153 Å². The molecule has 2 aromatic carbocycles. The fraction of sp³-hybridized carbons (Fsp3) is 0.111. The third kappa shape index (κ3) is 4.85. The van der Waals surface area contributed by atoms with E-state index in [-0.39, 0.29) is 11.3 Å². The van der Waals surface area contributed by atoms with Crippen LogP contribution in [-0.2, 0) is 11.2 Å². The van der Waals surface area contributed by atoms with Crippen LogP contribution < -0.4 is 5.32 Å². The second kappa shape index (κ2) is 8.53. The van der Waals surface area contributed by atoms with Crippen LogP contribution in [0.2, 0.25) is 5.02 Å². The van der Waals surface area contributed by atoms with Crippen molar-refractivity contribution in [2.24, 2.45) is 0 Å². The molecule has 0 saturated carbocycles. The van der Waals surface area contributed by atoms with E-state index in [1.807, 2.05) is 24.3 Å². The van der Waals surface area contributed by atoms with Crippen LogP contribution in [0.5, 0.6) is 5.75 Å². The van der Waals surface area contributed by atoms with Gasteiger partial charge in [-0.1, -0.05) is 45.7 Å². The van der Waals surface area contributed by atoms with E-state index in [9.17, 15) is 15.2 Å². The highest BCUT2D eigenvalue weighted by atomic mass is 79.9. The summed E-state index contributed by atoms with van der Waals surface area (Å²) in [7, 11) is 0. The maximum atomic E-state index is 12.1. The number of halogens is 2. The van der Waals surface area contributed by atoms with Crippen LogP contribution in [0.4, 0.5) is 0 Å². The summed E-state index contributed by atoms with van der Waals surface area (Å²) < 4.78 is 0.739. The summed E-state index contributed by atoms with van der Waals surface area (Å²) in [4.78, 5) is 12.1. The van der Waals surface area contributed by atoms with Gasteiger partial charge in [0, 0.05) is 21.6 Å². The van der Waals surface area contributed by atoms with Crippen molar-refractivity contribution in [2.75, 3.05) is 6.54 Å². The van der Waals surface area contributed by atoms with Crippen molar-refractivity contribution < 1.29 is 9.90 Å². The highest BCUT2D eigenvalue weighted by molar-refractivity contribution is 9.10. The number of phenols is 1. The normalized spacial score (nSPS) is 11.0. The number of benzene rings is 2. The lowest BCUT2D eigenvalue weighted by atomic mass is 10.1. The van der Waals surface area contributed by atoms with Gasteiger partial charge < -0.3 is 10.4 Å². The van der Waals surface area contributed by atoms with E-state index in [0.717, 1.165) is 10.0 Å². The third-order valence-electron chi connectivity index (χ3n) is 3.29. The fourth-order valence-corrected chi connectivity index (χ4v) is 2.66. The zero-order valence-corrected chi connectivity index (χ0v) is 14.9. The smallest absolute Gasteiger partial charge is 0.261 e. The lowest BCUT2D eigenvalue weighted by molar-refractivity contribution is -0.117. The minimum absolute atomic E-state index is 0.00480. The van der Waals surface area contributed by atoms with Gasteiger partial charge in [0.15, 0.2) is 0 Å². The van der Waals surface area contributed by atoms with Crippen molar-refractivity contribution in [3.63, 3.8) is 0 Å². The first-order valence-corrected chi connectivity index (χ1v) is 8.30. The molecule has 0 bridgehead atoms. The Balaban J connectivity index is 2.04. The maximum absolute atomic E-state index is 12.1. The van der Waals surface area contributed by atoms with Gasteiger partial charge in [0.05, 0.1) is 0 Å². The maximum Gasteiger partial charge on any atom is 0.261 e. The molecule has 0 radical (unpaired) electrons. The molecule has 2 aromatic rings.